The fourth-order valence-corrected chi connectivity index (χ4v) is 2.97. The van der Waals surface area contributed by atoms with Gasteiger partial charge in [0.1, 0.15) is 0 Å². The van der Waals surface area contributed by atoms with E-state index < -0.39 is 0 Å². The van der Waals surface area contributed by atoms with Gasteiger partial charge in [0, 0.05) is 18.8 Å². The van der Waals surface area contributed by atoms with Gasteiger partial charge in [0.15, 0.2) is 11.5 Å². The average molecular weight is 310 g/mol. The third-order valence-corrected chi connectivity index (χ3v) is 4.02. The molecular weight excluding hydrogens is 288 g/mol. The zero-order valence-electron chi connectivity index (χ0n) is 13.7. The molecule has 0 bridgehead atoms. The Morgan fingerprint density at radius 2 is 1.70 bits per heavy atom. The Hall–Kier alpha value is -2.43. The van der Waals surface area contributed by atoms with Gasteiger partial charge >= 0.3 is 0 Å². The van der Waals surface area contributed by atoms with Gasteiger partial charge in [0.2, 0.25) is 0 Å². The van der Waals surface area contributed by atoms with E-state index in [1.165, 1.54) is 17.5 Å². The number of hydrogen-bond donors (Lipinski definition) is 1. The second-order valence-electron chi connectivity index (χ2n) is 6.16. The van der Waals surface area contributed by atoms with Crippen LogP contribution >= 0.6 is 0 Å². The van der Waals surface area contributed by atoms with Gasteiger partial charge in [0.05, 0.1) is 0 Å². The number of anilines is 2. The predicted molar refractivity (Wildman–Crippen MR) is 91.0 cm³/mol. The van der Waals surface area contributed by atoms with Crippen molar-refractivity contribution in [2.75, 3.05) is 18.4 Å². The standard InChI is InChI=1S/C18H22N4O/c1-13-10-14(2)12-15(11-13)19-17-7-6-16(20-21-17)18(23)22-8-4-3-5-9-22/h6-7,10-12H,3-5,8-9H2,1-2H3,(H,19,21). The minimum absolute atomic E-state index is 0.0184. The van der Waals surface area contributed by atoms with Gasteiger partial charge in [-0.2, -0.15) is 0 Å². The van der Waals surface area contributed by atoms with Gasteiger partial charge < -0.3 is 10.2 Å². The molecule has 1 fully saturated rings. The van der Waals surface area contributed by atoms with E-state index in [-0.39, 0.29) is 5.91 Å². The van der Waals surface area contributed by atoms with Crippen molar-refractivity contribution < 1.29 is 4.79 Å². The van der Waals surface area contributed by atoms with Crippen molar-refractivity contribution in [3.63, 3.8) is 0 Å². The van der Waals surface area contributed by atoms with Crippen molar-refractivity contribution in [2.24, 2.45) is 0 Å². The smallest absolute Gasteiger partial charge is 0.274 e. The number of aromatic nitrogens is 2. The highest BCUT2D eigenvalue weighted by Crippen LogP contribution is 2.18. The van der Waals surface area contributed by atoms with E-state index in [0.717, 1.165) is 31.6 Å². The number of amides is 1. The Labute approximate surface area is 136 Å². The first kappa shape index (κ1) is 15.5. The van der Waals surface area contributed by atoms with E-state index in [2.05, 4.69) is 47.6 Å². The average Bonchev–Trinajstić information content (AvgIpc) is 2.55. The molecule has 1 aliphatic heterocycles. The molecule has 2 aromatic rings. The molecule has 1 N–H and O–H groups in total. The van der Waals surface area contributed by atoms with Gasteiger partial charge in [-0.25, -0.2) is 0 Å². The molecule has 2 heterocycles. The molecular formula is C18H22N4O. The van der Waals surface area contributed by atoms with Crippen LogP contribution in [0.15, 0.2) is 30.3 Å². The number of rotatable bonds is 3. The maximum atomic E-state index is 12.4. The Morgan fingerprint density at radius 3 is 2.30 bits per heavy atom. The van der Waals surface area contributed by atoms with E-state index in [9.17, 15) is 4.79 Å². The van der Waals surface area contributed by atoms with Gasteiger partial charge in [-0.05, 0) is 68.5 Å². The van der Waals surface area contributed by atoms with Crippen molar-refractivity contribution in [3.05, 3.63) is 47.2 Å². The first-order valence-corrected chi connectivity index (χ1v) is 8.10. The predicted octanol–water partition coefficient (Wildman–Crippen LogP) is 3.46. The van der Waals surface area contributed by atoms with Crippen LogP contribution in [-0.4, -0.2) is 34.1 Å². The summed E-state index contributed by atoms with van der Waals surface area (Å²) in [6.45, 7) is 5.76. The molecule has 120 valence electrons. The van der Waals surface area contributed by atoms with Crippen molar-refractivity contribution in [1.82, 2.24) is 15.1 Å². The fraction of sp³-hybridized carbons (Fsp3) is 0.389. The lowest BCUT2D eigenvalue weighted by Gasteiger charge is -2.26. The van der Waals surface area contributed by atoms with E-state index in [4.69, 9.17) is 0 Å². The number of hydrogen-bond acceptors (Lipinski definition) is 4. The third kappa shape index (κ3) is 3.86. The van der Waals surface area contributed by atoms with E-state index in [1.807, 2.05) is 11.0 Å². The van der Waals surface area contributed by atoms with Crippen LogP contribution in [0, 0.1) is 13.8 Å². The highest BCUT2D eigenvalue weighted by atomic mass is 16.2. The molecule has 1 saturated heterocycles. The van der Waals surface area contributed by atoms with E-state index in [0.29, 0.717) is 11.5 Å². The number of piperidine rings is 1. The zero-order chi connectivity index (χ0) is 16.2. The lowest BCUT2D eigenvalue weighted by molar-refractivity contribution is 0.0717. The number of benzene rings is 1. The van der Waals surface area contributed by atoms with Crippen LogP contribution in [0.5, 0.6) is 0 Å². The van der Waals surface area contributed by atoms with Gasteiger partial charge in [0.25, 0.3) is 5.91 Å². The summed E-state index contributed by atoms with van der Waals surface area (Å²) in [6.07, 6.45) is 3.35. The third-order valence-electron chi connectivity index (χ3n) is 4.02. The summed E-state index contributed by atoms with van der Waals surface area (Å²) in [5, 5.41) is 11.5. The number of aryl methyl sites for hydroxylation is 2. The zero-order valence-corrected chi connectivity index (χ0v) is 13.7. The van der Waals surface area contributed by atoms with Crippen molar-refractivity contribution >= 4 is 17.4 Å². The summed E-state index contributed by atoms with van der Waals surface area (Å²) in [7, 11) is 0. The molecule has 1 amide bonds. The normalized spacial score (nSPS) is 14.6. The van der Waals surface area contributed by atoms with E-state index in [1.54, 1.807) is 6.07 Å². The Balaban J connectivity index is 1.70. The minimum atomic E-state index is -0.0184. The SMILES string of the molecule is Cc1cc(C)cc(Nc2ccc(C(=O)N3CCCCC3)nn2)c1. The molecule has 3 rings (SSSR count). The Kier molecular flexibility index (Phi) is 4.55. The van der Waals surface area contributed by atoms with Crippen molar-refractivity contribution in [3.8, 4) is 0 Å². The van der Waals surface area contributed by atoms with Crippen LogP contribution in [0.25, 0.3) is 0 Å². The highest BCUT2D eigenvalue weighted by Gasteiger charge is 2.19. The van der Waals surface area contributed by atoms with Crippen molar-refractivity contribution in [1.29, 1.82) is 0 Å². The lowest BCUT2D eigenvalue weighted by Crippen LogP contribution is -2.36. The summed E-state index contributed by atoms with van der Waals surface area (Å²) < 4.78 is 0. The first-order valence-electron chi connectivity index (χ1n) is 8.10. The number of carbonyl (C=O) groups is 1. The molecule has 0 spiro atoms. The summed E-state index contributed by atoms with van der Waals surface area (Å²) >= 11 is 0. The van der Waals surface area contributed by atoms with Crippen LogP contribution in [0.4, 0.5) is 11.5 Å². The van der Waals surface area contributed by atoms with Gasteiger partial charge in [-0.3, -0.25) is 4.79 Å². The Morgan fingerprint density at radius 1 is 1.00 bits per heavy atom. The molecule has 0 atom stereocenters. The quantitative estimate of drug-likeness (QED) is 0.943. The minimum Gasteiger partial charge on any atom is -0.339 e. The molecule has 0 radical (unpaired) electrons. The van der Waals surface area contributed by atoms with Crippen molar-refractivity contribution in [2.45, 2.75) is 33.1 Å². The van der Waals surface area contributed by atoms with Crippen LogP contribution in [0.2, 0.25) is 0 Å². The summed E-state index contributed by atoms with van der Waals surface area (Å²) in [5.74, 6) is 0.625. The van der Waals surface area contributed by atoms with Crippen LogP contribution in [0.1, 0.15) is 40.9 Å². The molecule has 23 heavy (non-hydrogen) atoms. The number of carbonyl (C=O) groups excluding carboxylic acids is 1. The molecule has 0 unspecified atom stereocenters. The van der Waals surface area contributed by atoms with Crippen LogP contribution < -0.4 is 5.32 Å². The van der Waals surface area contributed by atoms with E-state index >= 15 is 0 Å². The molecule has 5 nitrogen and oxygen atoms in total. The number of nitrogens with zero attached hydrogens (tertiary/aromatic N) is 3. The molecule has 0 saturated carbocycles. The second kappa shape index (κ2) is 6.77. The van der Waals surface area contributed by atoms with Gasteiger partial charge in [-0.15, -0.1) is 10.2 Å². The summed E-state index contributed by atoms with van der Waals surface area (Å²) in [6, 6.07) is 9.79. The van der Waals surface area contributed by atoms with Gasteiger partial charge in [-0.1, -0.05) is 6.07 Å². The topological polar surface area (TPSA) is 58.1 Å². The number of likely N-dealkylation sites (tertiary alicyclic amines) is 1. The second-order valence-corrected chi connectivity index (χ2v) is 6.16. The largest absolute Gasteiger partial charge is 0.339 e. The highest BCUT2D eigenvalue weighted by molar-refractivity contribution is 5.92. The lowest BCUT2D eigenvalue weighted by atomic mass is 10.1. The van der Waals surface area contributed by atoms with Crippen LogP contribution in [-0.2, 0) is 0 Å². The fourth-order valence-electron chi connectivity index (χ4n) is 2.97. The molecule has 1 aliphatic rings. The summed E-state index contributed by atoms with van der Waals surface area (Å²) in [5.41, 5.74) is 3.78. The maximum Gasteiger partial charge on any atom is 0.274 e. The maximum absolute atomic E-state index is 12.4. The van der Waals surface area contributed by atoms with Crippen LogP contribution in [0.3, 0.4) is 0 Å². The molecule has 5 heteroatoms. The molecule has 1 aromatic carbocycles. The Bertz CT molecular complexity index is 670. The summed E-state index contributed by atoms with van der Waals surface area (Å²) in [4.78, 5) is 14.2. The molecule has 1 aromatic heterocycles. The number of nitrogens with one attached hydrogen (secondary N) is 1. The first-order chi connectivity index (χ1) is 11.1. The molecule has 0 aliphatic carbocycles. The monoisotopic (exact) mass is 310 g/mol.